The van der Waals surface area contributed by atoms with Gasteiger partial charge in [-0.2, -0.15) is 0 Å². The van der Waals surface area contributed by atoms with Gasteiger partial charge in [0.25, 0.3) is 0 Å². The lowest BCUT2D eigenvalue weighted by atomic mass is 9.95. The van der Waals surface area contributed by atoms with Gasteiger partial charge >= 0.3 is 5.97 Å². The summed E-state index contributed by atoms with van der Waals surface area (Å²) < 4.78 is 13.8. The topological polar surface area (TPSA) is 77.8 Å². The highest BCUT2D eigenvalue weighted by Gasteiger charge is 2.25. The molecule has 25 heavy (non-hydrogen) atoms. The number of hydrogen-bond donors (Lipinski definition) is 3. The van der Waals surface area contributed by atoms with E-state index in [9.17, 15) is 19.4 Å². The maximum atomic E-state index is 13.8. The van der Waals surface area contributed by atoms with Crippen LogP contribution < -0.4 is 0 Å². The zero-order valence-electron chi connectivity index (χ0n) is 15.0. The predicted octanol–water partition coefficient (Wildman–Crippen LogP) is 3.94. The Bertz CT molecular complexity index is 484. The lowest BCUT2D eigenvalue weighted by Gasteiger charge is -2.16. The molecule has 4 atom stereocenters. The van der Waals surface area contributed by atoms with Crippen LogP contribution >= 0.6 is 0 Å². The summed E-state index contributed by atoms with van der Waals surface area (Å²) in [6, 6.07) is 0. The fourth-order valence-electron chi connectivity index (χ4n) is 2.91. The molecule has 0 saturated carbocycles. The van der Waals surface area contributed by atoms with Gasteiger partial charge in [-0.1, -0.05) is 55.7 Å². The van der Waals surface area contributed by atoms with Gasteiger partial charge in [-0.15, -0.1) is 0 Å². The smallest absolute Gasteiger partial charge is 0.303 e. The lowest BCUT2D eigenvalue weighted by molar-refractivity contribution is -0.137. The van der Waals surface area contributed by atoms with Crippen molar-refractivity contribution in [2.75, 3.05) is 0 Å². The van der Waals surface area contributed by atoms with Gasteiger partial charge in [-0.05, 0) is 32.1 Å². The maximum Gasteiger partial charge on any atom is 0.303 e. The molecule has 5 heteroatoms. The van der Waals surface area contributed by atoms with Gasteiger partial charge in [0.2, 0.25) is 0 Å². The third-order valence-corrected chi connectivity index (χ3v) is 4.47. The molecule has 1 unspecified atom stereocenters. The number of carboxylic acid groups (broad SMARTS) is 1. The summed E-state index contributed by atoms with van der Waals surface area (Å²) >= 11 is 0. The zero-order valence-corrected chi connectivity index (χ0v) is 15.0. The van der Waals surface area contributed by atoms with Crippen LogP contribution in [-0.4, -0.2) is 39.7 Å². The number of aliphatic hydroxyl groups is 2. The number of aliphatic hydroxyl groups excluding tert-OH is 2. The summed E-state index contributed by atoms with van der Waals surface area (Å²) in [5.41, 5.74) is 1.05. The Morgan fingerprint density at radius 3 is 2.84 bits per heavy atom. The molecule has 3 N–H and O–H groups in total. The number of unbranched alkanes of at least 4 members (excludes halogenated alkanes) is 2. The Hall–Kier alpha value is -1.46. The van der Waals surface area contributed by atoms with E-state index in [2.05, 4.69) is 0 Å². The molecule has 0 aromatic rings. The summed E-state index contributed by atoms with van der Waals surface area (Å²) in [6.07, 6.45) is 10.8. The van der Waals surface area contributed by atoms with Crippen molar-refractivity contribution < 1.29 is 24.5 Å². The molecule has 142 valence electrons. The average molecular weight is 354 g/mol. The van der Waals surface area contributed by atoms with Gasteiger partial charge in [0.1, 0.15) is 12.3 Å². The number of carbonyl (C=O) groups is 1. The second-order valence-electron chi connectivity index (χ2n) is 6.60. The maximum absolute atomic E-state index is 13.8. The molecule has 0 heterocycles. The lowest BCUT2D eigenvalue weighted by Crippen LogP contribution is -2.21. The molecule has 1 rings (SSSR count). The Labute approximate surface area is 149 Å². The molecule has 0 amide bonds. The minimum atomic E-state index is -1.27. The number of hydrogen-bond acceptors (Lipinski definition) is 3. The minimum Gasteiger partial charge on any atom is -0.481 e. The minimum absolute atomic E-state index is 0.164. The van der Waals surface area contributed by atoms with Crippen LogP contribution in [0.4, 0.5) is 4.39 Å². The van der Waals surface area contributed by atoms with Crippen molar-refractivity contribution in [2.45, 2.75) is 76.7 Å². The number of carboxylic acids is 1. The van der Waals surface area contributed by atoms with Crippen molar-refractivity contribution in [1.82, 2.24) is 0 Å². The SMILES string of the molecule is CCCCC(F)[C@H](O)/C=C/[C@@H]1C(C/C=C\CCCC(=O)O)=CC[C@H]1O. The van der Waals surface area contributed by atoms with E-state index >= 15 is 0 Å². The molecule has 0 aromatic carbocycles. The number of aliphatic carboxylic acids is 1. The Morgan fingerprint density at radius 1 is 1.40 bits per heavy atom. The Morgan fingerprint density at radius 2 is 2.16 bits per heavy atom. The van der Waals surface area contributed by atoms with E-state index in [1.165, 1.54) is 6.08 Å². The molecule has 0 fully saturated rings. The molecular formula is C20H31FO4. The van der Waals surface area contributed by atoms with Gasteiger partial charge in [-0.25, -0.2) is 4.39 Å². The first kappa shape index (κ1) is 21.6. The summed E-state index contributed by atoms with van der Waals surface area (Å²) in [5, 5.41) is 28.5. The highest BCUT2D eigenvalue weighted by molar-refractivity contribution is 5.66. The largest absolute Gasteiger partial charge is 0.481 e. The molecule has 0 saturated heterocycles. The van der Waals surface area contributed by atoms with E-state index in [4.69, 9.17) is 5.11 Å². The molecule has 1 aliphatic rings. The van der Waals surface area contributed by atoms with Gasteiger partial charge < -0.3 is 15.3 Å². The predicted molar refractivity (Wildman–Crippen MR) is 97.0 cm³/mol. The first-order valence-corrected chi connectivity index (χ1v) is 9.20. The van der Waals surface area contributed by atoms with Crippen molar-refractivity contribution in [1.29, 1.82) is 0 Å². The zero-order chi connectivity index (χ0) is 18.7. The van der Waals surface area contributed by atoms with Crippen LogP contribution in [0.3, 0.4) is 0 Å². The van der Waals surface area contributed by atoms with Gasteiger partial charge in [0.15, 0.2) is 0 Å². The van der Waals surface area contributed by atoms with Crippen LogP contribution in [0.15, 0.2) is 36.0 Å². The first-order chi connectivity index (χ1) is 12.0. The van der Waals surface area contributed by atoms with Gasteiger partial charge in [0.05, 0.1) is 6.10 Å². The second kappa shape index (κ2) is 12.0. The van der Waals surface area contributed by atoms with Crippen molar-refractivity contribution in [3.05, 3.63) is 36.0 Å². The normalized spacial score (nSPS) is 23.3. The molecule has 0 radical (unpaired) electrons. The van der Waals surface area contributed by atoms with Crippen LogP contribution in [-0.2, 0) is 4.79 Å². The van der Waals surface area contributed by atoms with Gasteiger partial charge in [0, 0.05) is 12.3 Å². The van der Waals surface area contributed by atoms with E-state index in [-0.39, 0.29) is 12.3 Å². The quantitative estimate of drug-likeness (QED) is 0.366. The molecule has 4 nitrogen and oxygen atoms in total. The van der Waals surface area contributed by atoms with Crippen LogP contribution in [0.1, 0.15) is 58.3 Å². The Kier molecular flexibility index (Phi) is 10.3. The van der Waals surface area contributed by atoms with Crippen LogP contribution in [0.25, 0.3) is 0 Å². The van der Waals surface area contributed by atoms with E-state index in [0.717, 1.165) is 18.4 Å². The monoisotopic (exact) mass is 354 g/mol. The van der Waals surface area contributed by atoms with Crippen LogP contribution in [0, 0.1) is 5.92 Å². The van der Waals surface area contributed by atoms with E-state index < -0.39 is 24.3 Å². The number of halogens is 1. The number of rotatable bonds is 12. The van der Waals surface area contributed by atoms with Gasteiger partial charge in [-0.3, -0.25) is 4.79 Å². The molecule has 0 spiro atoms. The number of alkyl halides is 1. The number of allylic oxidation sites excluding steroid dienone is 2. The third-order valence-electron chi connectivity index (χ3n) is 4.47. The molecule has 1 aliphatic carbocycles. The molecular weight excluding hydrogens is 323 g/mol. The fraction of sp³-hybridized carbons (Fsp3) is 0.650. The van der Waals surface area contributed by atoms with E-state index in [0.29, 0.717) is 32.1 Å². The second-order valence-corrected chi connectivity index (χ2v) is 6.60. The highest BCUT2D eigenvalue weighted by Crippen LogP contribution is 2.30. The first-order valence-electron chi connectivity index (χ1n) is 9.20. The summed E-state index contributed by atoms with van der Waals surface area (Å²) in [7, 11) is 0. The fourth-order valence-corrected chi connectivity index (χ4v) is 2.91. The summed E-state index contributed by atoms with van der Waals surface area (Å²) in [6.45, 7) is 1.98. The highest BCUT2D eigenvalue weighted by atomic mass is 19.1. The Balaban J connectivity index is 2.46. The van der Waals surface area contributed by atoms with Crippen molar-refractivity contribution in [3.8, 4) is 0 Å². The van der Waals surface area contributed by atoms with Crippen molar-refractivity contribution >= 4 is 5.97 Å². The van der Waals surface area contributed by atoms with E-state index in [1.807, 2.05) is 25.2 Å². The van der Waals surface area contributed by atoms with Crippen LogP contribution in [0.5, 0.6) is 0 Å². The van der Waals surface area contributed by atoms with Crippen molar-refractivity contribution in [2.24, 2.45) is 5.92 Å². The van der Waals surface area contributed by atoms with E-state index in [1.54, 1.807) is 6.08 Å². The van der Waals surface area contributed by atoms with Crippen LogP contribution in [0.2, 0.25) is 0 Å². The third kappa shape index (κ3) is 8.45. The average Bonchev–Trinajstić information content (AvgIpc) is 2.93. The standard InChI is InChI=1S/C20H31FO4/c1-2-3-9-17(21)19(23)14-12-16-15(11-13-18(16)22)8-6-4-5-7-10-20(24)25/h4,6,11-12,14,16-19,22-23H,2-3,5,7-10,13H2,1H3,(H,24,25)/b6-4-,14-12+/t16-,17?,18-,19-/m1/s1. The summed E-state index contributed by atoms with van der Waals surface area (Å²) in [5.74, 6) is -0.986. The van der Waals surface area contributed by atoms with Crippen molar-refractivity contribution in [3.63, 3.8) is 0 Å². The molecule has 0 bridgehead atoms. The summed E-state index contributed by atoms with van der Waals surface area (Å²) in [4.78, 5) is 10.4. The molecule has 0 aliphatic heterocycles. The molecule has 0 aromatic heterocycles.